The Labute approximate surface area is 226 Å². The Hall–Kier alpha value is -0.0805. The van der Waals surface area contributed by atoms with Crippen molar-refractivity contribution in [2.75, 3.05) is 13.2 Å². The molecule has 35 heavy (non-hydrogen) atoms. The van der Waals surface area contributed by atoms with Crippen LogP contribution in [0.5, 0.6) is 0 Å². The number of unbranched alkanes of at least 4 members (excludes halogenated alkanes) is 8. The SMILES string of the molecule is CCCCCCC(CCCc1c[se]cc1CCCC(CCCCCC)OCCCC)OCCCC. The minimum atomic E-state index is 0.479. The van der Waals surface area contributed by atoms with E-state index < -0.39 is 0 Å². The molecule has 1 heterocycles. The summed E-state index contributed by atoms with van der Waals surface area (Å²) in [6, 6.07) is 0. The van der Waals surface area contributed by atoms with Crippen molar-refractivity contribution in [1.82, 2.24) is 0 Å². The van der Waals surface area contributed by atoms with Crippen LogP contribution in [0.15, 0.2) is 9.88 Å². The first-order chi connectivity index (χ1) is 17.2. The predicted molar refractivity (Wildman–Crippen MR) is 156 cm³/mol. The van der Waals surface area contributed by atoms with Gasteiger partial charge in [0.2, 0.25) is 0 Å². The number of hydrogen-bond donors (Lipinski definition) is 0. The first-order valence-electron chi connectivity index (χ1n) is 15.5. The Morgan fingerprint density at radius 1 is 0.514 bits per heavy atom. The molecule has 0 saturated carbocycles. The third-order valence-corrected chi connectivity index (χ3v) is 9.00. The zero-order chi connectivity index (χ0) is 25.4. The summed E-state index contributed by atoms with van der Waals surface area (Å²) in [7, 11) is 0. The molecular formula is C32H60O2Se. The summed E-state index contributed by atoms with van der Waals surface area (Å²) in [6.45, 7) is 11.0. The van der Waals surface area contributed by atoms with Gasteiger partial charge in [0.25, 0.3) is 0 Å². The van der Waals surface area contributed by atoms with Gasteiger partial charge in [0.1, 0.15) is 0 Å². The zero-order valence-corrected chi connectivity index (χ0v) is 25.8. The van der Waals surface area contributed by atoms with Crippen LogP contribution in [0.2, 0.25) is 0 Å². The average molecular weight is 556 g/mol. The fourth-order valence-electron chi connectivity index (χ4n) is 4.84. The van der Waals surface area contributed by atoms with Crippen molar-refractivity contribution >= 4 is 14.5 Å². The van der Waals surface area contributed by atoms with Gasteiger partial charge in [0.15, 0.2) is 0 Å². The van der Waals surface area contributed by atoms with E-state index in [0.29, 0.717) is 26.7 Å². The molecule has 0 spiro atoms. The van der Waals surface area contributed by atoms with Crippen molar-refractivity contribution in [3.8, 4) is 0 Å². The average Bonchev–Trinajstić information content (AvgIpc) is 3.31. The first kappa shape index (κ1) is 32.9. The van der Waals surface area contributed by atoms with Gasteiger partial charge >= 0.3 is 227 Å². The zero-order valence-electron chi connectivity index (χ0n) is 24.1. The van der Waals surface area contributed by atoms with Gasteiger partial charge in [0, 0.05) is 0 Å². The van der Waals surface area contributed by atoms with Crippen LogP contribution in [0.25, 0.3) is 0 Å². The van der Waals surface area contributed by atoms with Gasteiger partial charge < -0.3 is 0 Å². The molecule has 1 aromatic rings. The topological polar surface area (TPSA) is 18.5 Å². The molecule has 0 amide bonds. The van der Waals surface area contributed by atoms with Gasteiger partial charge in [-0.1, -0.05) is 0 Å². The van der Waals surface area contributed by atoms with Crippen molar-refractivity contribution in [3.63, 3.8) is 0 Å². The summed E-state index contributed by atoms with van der Waals surface area (Å²) >= 11 is 0.582. The molecule has 0 N–H and O–H groups in total. The molecule has 206 valence electrons. The molecule has 0 saturated heterocycles. The number of ether oxygens (including phenoxy) is 2. The number of hydrogen-bond acceptors (Lipinski definition) is 2. The van der Waals surface area contributed by atoms with Crippen molar-refractivity contribution < 1.29 is 9.47 Å². The van der Waals surface area contributed by atoms with Crippen molar-refractivity contribution in [3.05, 3.63) is 21.0 Å². The maximum absolute atomic E-state index is 6.29. The van der Waals surface area contributed by atoms with E-state index in [1.165, 1.54) is 128 Å². The van der Waals surface area contributed by atoms with E-state index in [1.54, 1.807) is 11.1 Å². The molecule has 0 aliphatic carbocycles. The minimum absolute atomic E-state index is 0.479. The second kappa shape index (κ2) is 24.3. The van der Waals surface area contributed by atoms with Crippen LogP contribution in [-0.4, -0.2) is 39.9 Å². The quantitative estimate of drug-likeness (QED) is 0.0837. The normalized spacial score (nSPS) is 13.4. The summed E-state index contributed by atoms with van der Waals surface area (Å²) in [5.74, 6) is 0. The second-order valence-electron chi connectivity index (χ2n) is 10.6. The molecule has 0 radical (unpaired) electrons. The van der Waals surface area contributed by atoms with Gasteiger partial charge in [-0.15, -0.1) is 0 Å². The molecule has 0 aliphatic rings. The summed E-state index contributed by atoms with van der Waals surface area (Å²) in [4.78, 5) is 5.10. The number of rotatable bonds is 26. The van der Waals surface area contributed by atoms with Crippen molar-refractivity contribution in [2.45, 2.75) is 168 Å². The van der Waals surface area contributed by atoms with Crippen LogP contribution in [0.4, 0.5) is 0 Å². The monoisotopic (exact) mass is 556 g/mol. The van der Waals surface area contributed by atoms with E-state index in [2.05, 4.69) is 37.6 Å². The number of aryl methyl sites for hydroxylation is 2. The third kappa shape index (κ3) is 17.9. The van der Waals surface area contributed by atoms with E-state index in [1.807, 2.05) is 0 Å². The summed E-state index contributed by atoms with van der Waals surface area (Å²) in [5.41, 5.74) is 3.32. The summed E-state index contributed by atoms with van der Waals surface area (Å²) < 4.78 is 12.6. The molecular weight excluding hydrogens is 495 g/mol. The van der Waals surface area contributed by atoms with Crippen LogP contribution < -0.4 is 0 Å². The molecule has 0 aliphatic heterocycles. The van der Waals surface area contributed by atoms with E-state index in [4.69, 9.17) is 9.47 Å². The van der Waals surface area contributed by atoms with Gasteiger partial charge in [-0.25, -0.2) is 0 Å². The Morgan fingerprint density at radius 2 is 0.914 bits per heavy atom. The molecule has 3 heteroatoms. The molecule has 1 aromatic heterocycles. The van der Waals surface area contributed by atoms with E-state index in [-0.39, 0.29) is 0 Å². The second-order valence-corrected chi connectivity index (χ2v) is 12.2. The Morgan fingerprint density at radius 3 is 1.31 bits per heavy atom. The van der Waals surface area contributed by atoms with Gasteiger partial charge in [-0.3, -0.25) is 0 Å². The van der Waals surface area contributed by atoms with E-state index >= 15 is 0 Å². The van der Waals surface area contributed by atoms with Crippen LogP contribution in [-0.2, 0) is 22.3 Å². The molecule has 0 aromatic carbocycles. The molecule has 2 unspecified atom stereocenters. The van der Waals surface area contributed by atoms with Crippen LogP contribution in [0, 0.1) is 0 Å². The predicted octanol–water partition coefficient (Wildman–Crippen LogP) is 9.70. The Kier molecular flexibility index (Phi) is 22.8. The van der Waals surface area contributed by atoms with Gasteiger partial charge in [-0.2, -0.15) is 0 Å². The molecule has 2 nitrogen and oxygen atoms in total. The fourth-order valence-corrected chi connectivity index (χ4v) is 6.80. The standard InChI is InChI=1S/C32H60O2Se/c1-5-9-13-15-21-31(33-25-11-7-3)23-17-19-29-27-35-28-30(29)20-18-24-32(34-26-12-8-4)22-16-14-10-6-2/h27-28,31-32H,5-26H2,1-4H3. The van der Waals surface area contributed by atoms with Gasteiger partial charge in [0.05, 0.1) is 0 Å². The maximum atomic E-state index is 6.29. The first-order valence-corrected chi connectivity index (χ1v) is 17.5. The van der Waals surface area contributed by atoms with E-state index in [0.717, 1.165) is 13.2 Å². The third-order valence-electron chi connectivity index (χ3n) is 7.24. The van der Waals surface area contributed by atoms with E-state index in [9.17, 15) is 0 Å². The summed E-state index contributed by atoms with van der Waals surface area (Å²) in [5, 5.41) is 0. The van der Waals surface area contributed by atoms with Crippen LogP contribution >= 0.6 is 0 Å². The van der Waals surface area contributed by atoms with Crippen molar-refractivity contribution in [1.29, 1.82) is 0 Å². The molecule has 1 rings (SSSR count). The van der Waals surface area contributed by atoms with Crippen molar-refractivity contribution in [2.24, 2.45) is 0 Å². The molecule has 0 fully saturated rings. The van der Waals surface area contributed by atoms with Crippen LogP contribution in [0.1, 0.15) is 154 Å². The molecule has 2 atom stereocenters. The Balaban J connectivity index is 2.41. The molecule has 0 bridgehead atoms. The summed E-state index contributed by atoms with van der Waals surface area (Å²) in [6.07, 6.45) is 26.7. The Bertz CT molecular complexity index is 509. The van der Waals surface area contributed by atoms with Gasteiger partial charge in [-0.05, 0) is 0 Å². The van der Waals surface area contributed by atoms with Crippen LogP contribution in [0.3, 0.4) is 0 Å². The fraction of sp³-hybridized carbons (Fsp3) is 0.875.